The number of hydrogen-bond donors (Lipinski definition) is 1. The van der Waals surface area contributed by atoms with E-state index in [0.717, 1.165) is 17.0 Å². The molecule has 0 aliphatic heterocycles. The first-order chi connectivity index (χ1) is 10.6. The molecule has 0 bridgehead atoms. The Morgan fingerprint density at radius 3 is 2.41 bits per heavy atom. The molecule has 0 saturated heterocycles. The Morgan fingerprint density at radius 2 is 1.77 bits per heavy atom. The minimum absolute atomic E-state index is 0.237. The van der Waals surface area contributed by atoms with E-state index in [-0.39, 0.29) is 6.61 Å². The number of nitrogens with zero attached hydrogens (tertiary/aromatic N) is 2. The van der Waals surface area contributed by atoms with Crippen LogP contribution in [0.2, 0.25) is 0 Å². The van der Waals surface area contributed by atoms with Crippen molar-refractivity contribution in [2.24, 2.45) is 4.99 Å². The second-order valence-corrected chi connectivity index (χ2v) is 5.26. The molecule has 116 valence electrons. The maximum Gasteiger partial charge on any atom is 0.119 e. The molecule has 0 aliphatic rings. The van der Waals surface area contributed by atoms with Crippen molar-refractivity contribution >= 4 is 11.9 Å². The highest BCUT2D eigenvalue weighted by molar-refractivity contribution is 5.80. The molecule has 0 amide bonds. The van der Waals surface area contributed by atoms with Crippen LogP contribution in [-0.4, -0.2) is 44.7 Å². The molecule has 2 rings (SSSR count). The Hall–Kier alpha value is -2.33. The summed E-state index contributed by atoms with van der Waals surface area (Å²) in [6.45, 7) is 0.559. The number of aliphatic hydroxyl groups excluding tert-OH is 1. The van der Waals surface area contributed by atoms with Crippen molar-refractivity contribution in [3.63, 3.8) is 0 Å². The van der Waals surface area contributed by atoms with Gasteiger partial charge >= 0.3 is 0 Å². The molecule has 0 saturated carbocycles. The van der Waals surface area contributed by atoms with Crippen LogP contribution in [0.5, 0.6) is 5.75 Å². The van der Waals surface area contributed by atoms with E-state index in [2.05, 4.69) is 4.99 Å². The number of rotatable bonds is 7. The molecule has 1 N–H and O–H groups in total. The van der Waals surface area contributed by atoms with E-state index < -0.39 is 6.10 Å². The normalized spacial score (nSPS) is 12.3. The monoisotopic (exact) mass is 298 g/mol. The van der Waals surface area contributed by atoms with Crippen molar-refractivity contribution in [1.82, 2.24) is 0 Å². The third-order valence-electron chi connectivity index (χ3n) is 3.15. The van der Waals surface area contributed by atoms with Crippen LogP contribution < -0.4 is 9.64 Å². The van der Waals surface area contributed by atoms with Crippen LogP contribution >= 0.6 is 0 Å². The summed E-state index contributed by atoms with van der Waals surface area (Å²) in [4.78, 5) is 6.31. The van der Waals surface area contributed by atoms with E-state index in [4.69, 9.17) is 4.74 Å². The zero-order valence-electron chi connectivity index (χ0n) is 13.0. The summed E-state index contributed by atoms with van der Waals surface area (Å²) in [7, 11) is 4.01. The Morgan fingerprint density at radius 1 is 1.09 bits per heavy atom. The number of anilines is 1. The largest absolute Gasteiger partial charge is 0.491 e. The molecular formula is C18H22N2O2. The Labute approximate surface area is 131 Å². The van der Waals surface area contributed by atoms with Gasteiger partial charge in [0.1, 0.15) is 18.5 Å². The molecule has 4 heteroatoms. The van der Waals surface area contributed by atoms with Gasteiger partial charge in [-0.1, -0.05) is 30.3 Å². The van der Waals surface area contributed by atoms with Gasteiger partial charge in [0.15, 0.2) is 0 Å². The number of hydrogen-bond acceptors (Lipinski definition) is 4. The molecule has 22 heavy (non-hydrogen) atoms. The summed E-state index contributed by atoms with van der Waals surface area (Å²) in [5.74, 6) is 0.754. The molecule has 0 aliphatic carbocycles. The molecule has 1 atom stereocenters. The standard InChI is InChI=1S/C18H22N2O2/c1-20(2)16-10-8-15(9-11-16)12-19-13-17(21)14-22-18-6-4-3-5-7-18/h3-12,17,21H,13-14H2,1-2H3. The lowest BCUT2D eigenvalue weighted by molar-refractivity contribution is 0.114. The first kappa shape index (κ1) is 16.0. The van der Waals surface area contributed by atoms with Crippen LogP contribution in [0.15, 0.2) is 59.6 Å². The van der Waals surface area contributed by atoms with Gasteiger partial charge in [-0.25, -0.2) is 0 Å². The lowest BCUT2D eigenvalue weighted by atomic mass is 10.2. The molecule has 0 aromatic heterocycles. The Kier molecular flexibility index (Phi) is 5.98. The number of para-hydroxylation sites is 1. The van der Waals surface area contributed by atoms with Crippen molar-refractivity contribution < 1.29 is 9.84 Å². The summed E-state index contributed by atoms with van der Waals surface area (Å²) in [6.07, 6.45) is 1.16. The fourth-order valence-corrected chi connectivity index (χ4v) is 1.90. The SMILES string of the molecule is CN(C)c1ccc(C=NCC(O)COc2ccccc2)cc1. The third-order valence-corrected chi connectivity index (χ3v) is 3.15. The van der Waals surface area contributed by atoms with E-state index in [9.17, 15) is 5.11 Å². The Balaban J connectivity index is 1.76. The quantitative estimate of drug-likeness (QED) is 0.799. The summed E-state index contributed by atoms with van der Waals surface area (Å²) in [5, 5.41) is 9.86. The molecule has 0 radical (unpaired) electrons. The molecule has 0 spiro atoms. The molecule has 2 aromatic carbocycles. The van der Waals surface area contributed by atoms with Crippen molar-refractivity contribution in [3.8, 4) is 5.75 Å². The lowest BCUT2D eigenvalue weighted by Gasteiger charge is -2.12. The minimum atomic E-state index is -0.613. The zero-order valence-corrected chi connectivity index (χ0v) is 13.0. The van der Waals surface area contributed by atoms with Crippen molar-refractivity contribution in [3.05, 3.63) is 60.2 Å². The summed E-state index contributed by atoms with van der Waals surface area (Å²) < 4.78 is 5.48. The van der Waals surface area contributed by atoms with E-state index in [1.54, 1.807) is 6.21 Å². The smallest absolute Gasteiger partial charge is 0.119 e. The maximum atomic E-state index is 9.86. The van der Waals surface area contributed by atoms with E-state index >= 15 is 0 Å². The first-order valence-electron chi connectivity index (χ1n) is 7.28. The maximum absolute atomic E-state index is 9.86. The van der Waals surface area contributed by atoms with Gasteiger partial charge in [0, 0.05) is 26.0 Å². The fourth-order valence-electron chi connectivity index (χ4n) is 1.90. The van der Waals surface area contributed by atoms with E-state index in [1.165, 1.54) is 0 Å². The van der Waals surface area contributed by atoms with Gasteiger partial charge in [0.2, 0.25) is 0 Å². The van der Waals surface area contributed by atoms with Crippen LogP contribution in [0.1, 0.15) is 5.56 Å². The average Bonchev–Trinajstić information content (AvgIpc) is 2.54. The zero-order chi connectivity index (χ0) is 15.8. The highest BCUT2D eigenvalue weighted by Crippen LogP contribution is 2.11. The predicted octanol–water partition coefficient (Wildman–Crippen LogP) is 2.61. The molecule has 4 nitrogen and oxygen atoms in total. The topological polar surface area (TPSA) is 45.1 Å². The summed E-state index contributed by atoms with van der Waals surface area (Å²) >= 11 is 0. The summed E-state index contributed by atoms with van der Waals surface area (Å²) in [6, 6.07) is 17.5. The Bertz CT molecular complexity index is 580. The second-order valence-electron chi connectivity index (χ2n) is 5.26. The lowest BCUT2D eigenvalue weighted by Crippen LogP contribution is -2.20. The second kappa shape index (κ2) is 8.20. The molecular weight excluding hydrogens is 276 g/mol. The molecule has 0 fully saturated rings. The van der Waals surface area contributed by atoms with Crippen LogP contribution in [0, 0.1) is 0 Å². The highest BCUT2D eigenvalue weighted by Gasteiger charge is 2.03. The number of benzene rings is 2. The van der Waals surface area contributed by atoms with Crippen molar-refractivity contribution in [1.29, 1.82) is 0 Å². The fraction of sp³-hybridized carbons (Fsp3) is 0.278. The molecule has 0 heterocycles. The third kappa shape index (κ3) is 5.22. The van der Waals surface area contributed by atoms with Gasteiger partial charge < -0.3 is 14.7 Å². The van der Waals surface area contributed by atoms with Crippen LogP contribution in [0.4, 0.5) is 5.69 Å². The van der Waals surface area contributed by atoms with Gasteiger partial charge in [0.25, 0.3) is 0 Å². The van der Waals surface area contributed by atoms with E-state index in [1.807, 2.05) is 73.6 Å². The van der Waals surface area contributed by atoms with Gasteiger partial charge in [-0.15, -0.1) is 0 Å². The predicted molar refractivity (Wildman–Crippen MR) is 91.2 cm³/mol. The van der Waals surface area contributed by atoms with E-state index in [0.29, 0.717) is 6.54 Å². The highest BCUT2D eigenvalue weighted by atomic mass is 16.5. The molecule has 1 unspecified atom stereocenters. The van der Waals surface area contributed by atoms with Crippen molar-refractivity contribution in [2.75, 3.05) is 32.1 Å². The van der Waals surface area contributed by atoms with Gasteiger partial charge in [-0.05, 0) is 29.8 Å². The summed E-state index contributed by atoms with van der Waals surface area (Å²) in [5.41, 5.74) is 2.16. The average molecular weight is 298 g/mol. The molecule has 2 aromatic rings. The van der Waals surface area contributed by atoms with Crippen molar-refractivity contribution in [2.45, 2.75) is 6.10 Å². The number of aliphatic imine (C=N–C) groups is 1. The number of aliphatic hydroxyl groups is 1. The van der Waals surface area contributed by atoms with Gasteiger partial charge in [0.05, 0.1) is 6.54 Å². The van der Waals surface area contributed by atoms with Crippen LogP contribution in [-0.2, 0) is 0 Å². The van der Waals surface area contributed by atoms with Crippen LogP contribution in [0.25, 0.3) is 0 Å². The van der Waals surface area contributed by atoms with Gasteiger partial charge in [-0.2, -0.15) is 0 Å². The van der Waals surface area contributed by atoms with Gasteiger partial charge in [-0.3, -0.25) is 4.99 Å². The van der Waals surface area contributed by atoms with Crippen LogP contribution in [0.3, 0.4) is 0 Å². The minimum Gasteiger partial charge on any atom is -0.491 e. The first-order valence-corrected chi connectivity index (χ1v) is 7.28. The number of ether oxygens (including phenoxy) is 1.